The number of hydrogen-bond acceptors (Lipinski definition) is 3. The van der Waals surface area contributed by atoms with Crippen molar-refractivity contribution in [2.45, 2.75) is 30.8 Å². The van der Waals surface area contributed by atoms with E-state index < -0.39 is 5.41 Å². The minimum absolute atomic E-state index is 0.0425. The zero-order valence-corrected chi connectivity index (χ0v) is 11.7. The van der Waals surface area contributed by atoms with Gasteiger partial charge in [0.1, 0.15) is 0 Å². The van der Waals surface area contributed by atoms with Crippen LogP contribution in [0.4, 0.5) is 5.69 Å². The summed E-state index contributed by atoms with van der Waals surface area (Å²) < 4.78 is 0. The topological polar surface area (TPSA) is 69.6 Å². The zero-order valence-electron chi connectivity index (χ0n) is 11.7. The van der Waals surface area contributed by atoms with Crippen molar-refractivity contribution in [2.75, 3.05) is 18.4 Å². The van der Waals surface area contributed by atoms with Gasteiger partial charge in [-0.1, -0.05) is 18.2 Å². The summed E-state index contributed by atoms with van der Waals surface area (Å²) in [5.74, 6) is -0.218. The van der Waals surface area contributed by atoms with E-state index in [9.17, 15) is 14.7 Å². The molecule has 2 amide bonds. The van der Waals surface area contributed by atoms with Crippen LogP contribution in [0.3, 0.4) is 0 Å². The molecule has 110 valence electrons. The average Bonchev–Trinajstić information content (AvgIpc) is 3.18. The fourth-order valence-electron chi connectivity index (χ4n) is 3.75. The van der Waals surface area contributed by atoms with Crippen LogP contribution in [0, 0.1) is 5.92 Å². The normalized spacial score (nSPS) is 31.2. The Labute approximate surface area is 122 Å². The molecule has 2 N–H and O–H groups in total. The lowest BCUT2D eigenvalue weighted by atomic mass is 9.94. The van der Waals surface area contributed by atoms with E-state index in [4.69, 9.17) is 0 Å². The van der Waals surface area contributed by atoms with Gasteiger partial charge in [0.25, 0.3) is 0 Å². The Morgan fingerprint density at radius 1 is 1.29 bits per heavy atom. The molecule has 2 atom stereocenters. The Morgan fingerprint density at radius 3 is 2.76 bits per heavy atom. The number of carbonyl (C=O) groups excluding carboxylic acids is 2. The number of para-hydroxylation sites is 1. The molecule has 1 spiro atoms. The zero-order chi connectivity index (χ0) is 14.6. The third-order valence-electron chi connectivity index (χ3n) is 5.10. The molecule has 0 aromatic heterocycles. The van der Waals surface area contributed by atoms with Crippen LogP contribution in [0.25, 0.3) is 0 Å². The third kappa shape index (κ3) is 1.73. The predicted molar refractivity (Wildman–Crippen MR) is 76.7 cm³/mol. The van der Waals surface area contributed by atoms with E-state index in [1.54, 1.807) is 4.90 Å². The van der Waals surface area contributed by atoms with Gasteiger partial charge in [-0.05, 0) is 30.9 Å². The van der Waals surface area contributed by atoms with Crippen molar-refractivity contribution in [3.63, 3.8) is 0 Å². The minimum atomic E-state index is -0.635. The fraction of sp³-hybridized carbons (Fsp3) is 0.500. The highest BCUT2D eigenvalue weighted by Crippen LogP contribution is 2.60. The van der Waals surface area contributed by atoms with Crippen LogP contribution in [-0.4, -0.2) is 41.0 Å². The number of aliphatic hydroxyl groups excluding tert-OH is 1. The van der Waals surface area contributed by atoms with Crippen molar-refractivity contribution in [3.8, 4) is 0 Å². The van der Waals surface area contributed by atoms with Crippen molar-refractivity contribution in [3.05, 3.63) is 29.8 Å². The monoisotopic (exact) mass is 286 g/mol. The molecule has 5 nitrogen and oxygen atoms in total. The molecular formula is C16H18N2O3. The highest BCUT2D eigenvalue weighted by molar-refractivity contribution is 6.12. The first-order chi connectivity index (χ1) is 10.1. The molecule has 2 fully saturated rings. The Morgan fingerprint density at radius 2 is 2.00 bits per heavy atom. The quantitative estimate of drug-likeness (QED) is 0.805. The number of nitrogens with one attached hydrogen (secondary N) is 1. The minimum Gasteiger partial charge on any atom is -0.393 e. The molecule has 3 aliphatic rings. The summed E-state index contributed by atoms with van der Waals surface area (Å²) in [5, 5.41) is 12.4. The molecule has 1 aliphatic carbocycles. The van der Waals surface area contributed by atoms with Gasteiger partial charge >= 0.3 is 0 Å². The van der Waals surface area contributed by atoms with E-state index in [-0.39, 0.29) is 23.8 Å². The Kier molecular flexibility index (Phi) is 2.63. The fourth-order valence-corrected chi connectivity index (χ4v) is 3.75. The lowest BCUT2D eigenvalue weighted by Gasteiger charge is -2.30. The van der Waals surface area contributed by atoms with Crippen LogP contribution < -0.4 is 5.32 Å². The van der Waals surface area contributed by atoms with Gasteiger partial charge in [0, 0.05) is 18.8 Å². The molecule has 21 heavy (non-hydrogen) atoms. The maximum atomic E-state index is 12.6. The molecule has 0 radical (unpaired) electrons. The highest BCUT2D eigenvalue weighted by atomic mass is 16.3. The largest absolute Gasteiger partial charge is 0.393 e. The number of carbonyl (C=O) groups is 2. The summed E-state index contributed by atoms with van der Waals surface area (Å²) in [6.45, 7) is 1.19. The standard InChI is InChI=1S/C16H18N2O3/c19-10-5-7-18(8-6-10)14(20)12-9-16(12)11-3-1-2-4-13(11)17-15(16)21/h1-4,10,12,19H,5-9H2,(H,17,21)/t12-,16-/m0/s1. The Hall–Kier alpha value is -1.88. The van der Waals surface area contributed by atoms with Crippen LogP contribution in [-0.2, 0) is 15.0 Å². The summed E-state index contributed by atoms with van der Waals surface area (Å²) in [7, 11) is 0. The number of anilines is 1. The summed E-state index contributed by atoms with van der Waals surface area (Å²) in [6, 6.07) is 7.64. The van der Waals surface area contributed by atoms with Gasteiger partial charge in [0.05, 0.1) is 17.4 Å². The van der Waals surface area contributed by atoms with Crippen molar-refractivity contribution in [2.24, 2.45) is 5.92 Å². The maximum absolute atomic E-state index is 12.6. The van der Waals surface area contributed by atoms with E-state index in [1.807, 2.05) is 24.3 Å². The van der Waals surface area contributed by atoms with E-state index in [0.717, 1.165) is 11.3 Å². The van der Waals surface area contributed by atoms with Gasteiger partial charge in [-0.2, -0.15) is 0 Å². The van der Waals surface area contributed by atoms with Crippen molar-refractivity contribution in [1.82, 2.24) is 4.90 Å². The lowest BCUT2D eigenvalue weighted by Crippen LogP contribution is -2.42. The molecule has 0 unspecified atom stereocenters. The number of benzene rings is 1. The molecule has 2 aliphatic heterocycles. The SMILES string of the molecule is O=C([C@@H]1C[C@@]12C(=O)Nc1ccccc12)N1CCC(O)CC1. The molecular weight excluding hydrogens is 268 g/mol. The number of fused-ring (bicyclic) bond motifs is 2. The first kappa shape index (κ1) is 12.8. The van der Waals surface area contributed by atoms with E-state index in [1.165, 1.54) is 0 Å². The Balaban J connectivity index is 1.57. The molecule has 0 bridgehead atoms. The van der Waals surface area contributed by atoms with Gasteiger partial charge in [0.15, 0.2) is 0 Å². The summed E-state index contributed by atoms with van der Waals surface area (Å²) in [5.41, 5.74) is 1.17. The van der Waals surface area contributed by atoms with Crippen LogP contribution >= 0.6 is 0 Å². The number of aliphatic hydroxyl groups is 1. The predicted octanol–water partition coefficient (Wildman–Crippen LogP) is 0.880. The van der Waals surface area contributed by atoms with E-state index in [2.05, 4.69) is 5.32 Å². The highest BCUT2D eigenvalue weighted by Gasteiger charge is 2.68. The van der Waals surface area contributed by atoms with Crippen LogP contribution in [0.5, 0.6) is 0 Å². The number of rotatable bonds is 1. The smallest absolute Gasteiger partial charge is 0.235 e. The number of nitrogens with zero attached hydrogens (tertiary/aromatic N) is 1. The van der Waals surface area contributed by atoms with Crippen LogP contribution in [0.1, 0.15) is 24.8 Å². The molecule has 1 saturated heterocycles. The number of likely N-dealkylation sites (tertiary alicyclic amines) is 1. The molecule has 1 saturated carbocycles. The average molecular weight is 286 g/mol. The van der Waals surface area contributed by atoms with Crippen molar-refractivity contribution in [1.29, 1.82) is 0 Å². The number of piperidine rings is 1. The molecule has 2 heterocycles. The van der Waals surface area contributed by atoms with Gasteiger partial charge in [0.2, 0.25) is 11.8 Å². The van der Waals surface area contributed by atoms with Crippen LogP contribution in [0.2, 0.25) is 0 Å². The summed E-state index contributed by atoms with van der Waals surface area (Å²) in [6.07, 6.45) is 1.58. The first-order valence-electron chi connectivity index (χ1n) is 7.51. The molecule has 4 rings (SSSR count). The second-order valence-electron chi connectivity index (χ2n) is 6.28. The lowest BCUT2D eigenvalue weighted by molar-refractivity contribution is -0.136. The third-order valence-corrected chi connectivity index (χ3v) is 5.10. The molecule has 1 aromatic carbocycles. The maximum Gasteiger partial charge on any atom is 0.235 e. The van der Waals surface area contributed by atoms with E-state index in [0.29, 0.717) is 32.4 Å². The van der Waals surface area contributed by atoms with Crippen molar-refractivity contribution >= 4 is 17.5 Å². The molecule has 1 aromatic rings. The second-order valence-corrected chi connectivity index (χ2v) is 6.28. The van der Waals surface area contributed by atoms with Gasteiger partial charge < -0.3 is 15.3 Å². The van der Waals surface area contributed by atoms with Gasteiger partial charge in [-0.25, -0.2) is 0 Å². The van der Waals surface area contributed by atoms with E-state index >= 15 is 0 Å². The van der Waals surface area contributed by atoms with Gasteiger partial charge in [-0.15, -0.1) is 0 Å². The summed E-state index contributed by atoms with van der Waals surface area (Å²) >= 11 is 0. The van der Waals surface area contributed by atoms with Crippen LogP contribution in [0.15, 0.2) is 24.3 Å². The second kappa shape index (κ2) is 4.31. The molecule has 5 heteroatoms. The van der Waals surface area contributed by atoms with Crippen molar-refractivity contribution < 1.29 is 14.7 Å². The Bertz CT molecular complexity index is 622. The van der Waals surface area contributed by atoms with Gasteiger partial charge in [-0.3, -0.25) is 9.59 Å². The number of hydrogen-bond donors (Lipinski definition) is 2. The number of amides is 2. The summed E-state index contributed by atoms with van der Waals surface area (Å²) in [4.78, 5) is 26.8. The first-order valence-corrected chi connectivity index (χ1v) is 7.51.